The number of rotatable bonds is 28. The van der Waals surface area contributed by atoms with E-state index in [1.54, 1.807) is 24.6 Å². The zero-order valence-electron chi connectivity index (χ0n) is 24.6. The van der Waals surface area contributed by atoms with E-state index in [1.165, 1.54) is 154 Å². The first-order valence-electron chi connectivity index (χ1n) is 16.3. The first-order valence-corrected chi connectivity index (χ1v) is 21.3. The van der Waals surface area contributed by atoms with Crippen molar-refractivity contribution in [1.82, 2.24) is 0 Å². The summed E-state index contributed by atoms with van der Waals surface area (Å²) in [6.07, 6.45) is 41.0. The normalized spacial score (nSPS) is 13.3. The number of hydrogen-bond acceptors (Lipinski definition) is 0. The van der Waals surface area contributed by atoms with Gasteiger partial charge in [0, 0.05) is 0 Å². The van der Waals surface area contributed by atoms with Gasteiger partial charge in [-0.3, -0.25) is 0 Å². The van der Waals surface area contributed by atoms with Crippen molar-refractivity contribution >= 4 is 20.8 Å². The zero-order chi connectivity index (χ0) is 25.2. The van der Waals surface area contributed by atoms with Gasteiger partial charge in [0.25, 0.3) is 0 Å². The van der Waals surface area contributed by atoms with Gasteiger partial charge in [0.2, 0.25) is 0 Å². The number of unbranched alkanes of at least 4 members (excludes halogenated alkanes) is 20. The van der Waals surface area contributed by atoms with Crippen molar-refractivity contribution < 1.29 is 0 Å². The van der Waals surface area contributed by atoms with Gasteiger partial charge < -0.3 is 0 Å². The summed E-state index contributed by atoms with van der Waals surface area (Å²) in [7, 11) is 0. The molecule has 0 aliphatic carbocycles. The molecule has 0 fully saturated rings. The van der Waals surface area contributed by atoms with Crippen LogP contribution in [-0.2, 0) is 0 Å². The summed E-state index contributed by atoms with van der Waals surface area (Å²) in [5, 5.41) is -1.75. The van der Waals surface area contributed by atoms with Crippen LogP contribution in [-0.4, -0.2) is 24.6 Å². The second kappa shape index (κ2) is 24.3. The fourth-order valence-corrected chi connectivity index (χ4v) is 14.2. The second-order valence-corrected chi connectivity index (χ2v) is 23.2. The van der Waals surface area contributed by atoms with Gasteiger partial charge in [0.15, 0.2) is 0 Å². The Bertz CT molecular complexity index is 332. The second-order valence-electron chi connectivity index (χ2n) is 11.8. The molecule has 34 heavy (non-hydrogen) atoms. The summed E-state index contributed by atoms with van der Waals surface area (Å²) in [4.78, 5) is 0. The minimum atomic E-state index is -1.75. The molecule has 0 rings (SSSR count). The van der Waals surface area contributed by atoms with Crippen molar-refractivity contribution in [2.75, 3.05) is 24.6 Å². The molecule has 0 radical (unpaired) electrons. The third-order valence-corrected chi connectivity index (χ3v) is 18.3. The Labute approximate surface area is 226 Å². The molecule has 2 heteroatoms. The van der Waals surface area contributed by atoms with Crippen LogP contribution in [0.4, 0.5) is 0 Å². The molecule has 0 nitrogen and oxygen atoms in total. The van der Waals surface area contributed by atoms with E-state index in [0.29, 0.717) is 0 Å². The molecule has 0 N–H and O–H groups in total. The maximum atomic E-state index is 4.76. The molecule has 0 spiro atoms. The van der Waals surface area contributed by atoms with Gasteiger partial charge in [0.05, 0.1) is 0 Å². The summed E-state index contributed by atoms with van der Waals surface area (Å²) < 4.78 is 0. The Morgan fingerprint density at radius 3 is 0.676 bits per heavy atom. The monoisotopic (exact) mass is 562 g/mol. The molecule has 0 bridgehead atoms. The molecule has 0 saturated heterocycles. The fraction of sp³-hybridized carbons (Fsp3) is 1.00. The molecule has 208 valence electrons. The van der Waals surface area contributed by atoms with Crippen LogP contribution in [0.1, 0.15) is 182 Å². The molecule has 0 saturated carbocycles. The molecule has 0 amide bonds. The summed E-state index contributed by atoms with van der Waals surface area (Å²) in [6, 6.07) is 0. The average Bonchev–Trinajstić information content (AvgIpc) is 2.83. The summed E-state index contributed by atoms with van der Waals surface area (Å²) in [5.41, 5.74) is 0. The summed E-state index contributed by atoms with van der Waals surface area (Å²) in [5.74, 6) is 0. The standard InChI is InChI=1S/C32H68BrP/c1-5-9-13-17-21-25-29-34(33,30-26-22-18-14-10-6-2,31-27-23-19-15-11-7-3)32-28-24-20-16-12-8-4/h5-32H2,1-4H3. The van der Waals surface area contributed by atoms with E-state index < -0.39 is 5.31 Å². The Hall–Kier alpha value is 0.910. The average molecular weight is 564 g/mol. The molecular weight excluding hydrogens is 495 g/mol. The van der Waals surface area contributed by atoms with E-state index in [1.807, 2.05) is 0 Å². The van der Waals surface area contributed by atoms with Crippen molar-refractivity contribution in [2.24, 2.45) is 0 Å². The number of hydrogen-bond donors (Lipinski definition) is 0. The molecule has 0 aliphatic heterocycles. The van der Waals surface area contributed by atoms with Crippen molar-refractivity contribution in [2.45, 2.75) is 182 Å². The zero-order valence-corrected chi connectivity index (χ0v) is 27.1. The van der Waals surface area contributed by atoms with Crippen LogP contribution < -0.4 is 0 Å². The molecular formula is C32H68BrP. The van der Waals surface area contributed by atoms with E-state index in [2.05, 4.69) is 27.7 Å². The van der Waals surface area contributed by atoms with E-state index in [0.717, 1.165) is 0 Å². The molecule has 0 atom stereocenters. The maximum absolute atomic E-state index is 4.76. The summed E-state index contributed by atoms with van der Waals surface area (Å²) >= 11 is 4.76. The number of halogens is 1. The predicted molar refractivity (Wildman–Crippen MR) is 169 cm³/mol. The minimum absolute atomic E-state index is 1.37. The Kier molecular flexibility index (Phi) is 24.9. The molecule has 0 heterocycles. The topological polar surface area (TPSA) is 0 Å². The van der Waals surface area contributed by atoms with Crippen molar-refractivity contribution in [3.05, 3.63) is 0 Å². The van der Waals surface area contributed by atoms with Gasteiger partial charge in [-0.1, -0.05) is 0 Å². The van der Waals surface area contributed by atoms with E-state index >= 15 is 0 Å². The Morgan fingerprint density at radius 2 is 0.471 bits per heavy atom. The molecule has 0 aliphatic rings. The van der Waals surface area contributed by atoms with Gasteiger partial charge in [-0.25, -0.2) is 0 Å². The third kappa shape index (κ3) is 20.0. The summed E-state index contributed by atoms with van der Waals surface area (Å²) in [6.45, 7) is 9.36. The van der Waals surface area contributed by atoms with Crippen LogP contribution in [0.25, 0.3) is 0 Å². The van der Waals surface area contributed by atoms with E-state index in [4.69, 9.17) is 15.5 Å². The van der Waals surface area contributed by atoms with Crippen molar-refractivity contribution in [1.29, 1.82) is 0 Å². The predicted octanol–water partition coefficient (Wildman–Crippen LogP) is 13.3. The van der Waals surface area contributed by atoms with Crippen LogP contribution in [0, 0.1) is 0 Å². The fourth-order valence-electron chi connectivity index (χ4n) is 5.82. The Morgan fingerprint density at radius 1 is 0.294 bits per heavy atom. The van der Waals surface area contributed by atoms with Gasteiger partial charge in [-0.2, -0.15) is 0 Å². The van der Waals surface area contributed by atoms with Gasteiger partial charge in [-0.15, -0.1) is 0 Å². The van der Waals surface area contributed by atoms with Gasteiger partial charge in [-0.05, 0) is 0 Å². The van der Waals surface area contributed by atoms with Crippen LogP contribution in [0.2, 0.25) is 0 Å². The van der Waals surface area contributed by atoms with E-state index in [-0.39, 0.29) is 0 Å². The van der Waals surface area contributed by atoms with E-state index in [9.17, 15) is 0 Å². The van der Waals surface area contributed by atoms with Crippen molar-refractivity contribution in [3.8, 4) is 0 Å². The molecule has 0 aromatic carbocycles. The van der Waals surface area contributed by atoms with Crippen LogP contribution >= 0.6 is 20.8 Å². The van der Waals surface area contributed by atoms with Crippen LogP contribution in [0.5, 0.6) is 0 Å². The quantitative estimate of drug-likeness (QED) is 0.0656. The first kappa shape index (κ1) is 34.9. The van der Waals surface area contributed by atoms with Gasteiger partial charge >= 0.3 is 227 Å². The molecule has 0 unspecified atom stereocenters. The SMILES string of the molecule is CCCCCCCCP(Br)(CCCCCCCC)(CCCCCCCC)CCCCCCCC. The van der Waals surface area contributed by atoms with Crippen molar-refractivity contribution in [3.63, 3.8) is 0 Å². The van der Waals surface area contributed by atoms with Crippen LogP contribution in [0.15, 0.2) is 0 Å². The third-order valence-electron chi connectivity index (χ3n) is 8.28. The Balaban J connectivity index is 5.00. The van der Waals surface area contributed by atoms with Gasteiger partial charge in [0.1, 0.15) is 0 Å². The first-order chi connectivity index (χ1) is 16.5. The molecule has 0 aromatic rings. The van der Waals surface area contributed by atoms with Crippen LogP contribution in [0.3, 0.4) is 0 Å². The molecule has 0 aromatic heterocycles.